The van der Waals surface area contributed by atoms with Gasteiger partial charge in [-0.25, -0.2) is 4.68 Å². The molecular weight excluding hydrogens is 280 g/mol. The lowest BCUT2D eigenvalue weighted by Gasteiger charge is -2.23. The Morgan fingerprint density at radius 3 is 3.14 bits per heavy atom. The van der Waals surface area contributed by atoms with E-state index in [1.54, 1.807) is 17.0 Å². The molecule has 1 atom stereocenters. The summed E-state index contributed by atoms with van der Waals surface area (Å²) in [6, 6.07) is 4.03. The van der Waals surface area contributed by atoms with E-state index >= 15 is 0 Å². The van der Waals surface area contributed by atoms with Gasteiger partial charge < -0.3 is 4.52 Å². The van der Waals surface area contributed by atoms with Gasteiger partial charge in [0.1, 0.15) is 6.26 Å². The van der Waals surface area contributed by atoms with Crippen LogP contribution in [0.1, 0.15) is 36.2 Å². The predicted molar refractivity (Wildman–Crippen MR) is 80.5 cm³/mol. The van der Waals surface area contributed by atoms with Crippen LogP contribution in [-0.2, 0) is 25.9 Å². The van der Waals surface area contributed by atoms with Crippen molar-refractivity contribution in [3.05, 3.63) is 45.7 Å². The molecule has 1 aliphatic heterocycles. The number of likely N-dealkylation sites (tertiary alicyclic amines) is 1. The zero-order valence-electron chi connectivity index (χ0n) is 12.6. The van der Waals surface area contributed by atoms with Crippen LogP contribution < -0.4 is 5.56 Å². The quantitative estimate of drug-likeness (QED) is 0.853. The molecule has 0 amide bonds. The van der Waals surface area contributed by atoms with Gasteiger partial charge in [-0.15, -0.1) is 0 Å². The first-order valence-corrected chi connectivity index (χ1v) is 8.03. The maximum atomic E-state index is 12.2. The summed E-state index contributed by atoms with van der Waals surface area (Å²) in [5, 5.41) is 8.58. The van der Waals surface area contributed by atoms with Crippen LogP contribution in [-0.4, -0.2) is 32.4 Å². The summed E-state index contributed by atoms with van der Waals surface area (Å²) in [6.07, 6.45) is 6.98. The van der Waals surface area contributed by atoms with Crippen molar-refractivity contribution < 1.29 is 4.52 Å². The van der Waals surface area contributed by atoms with Gasteiger partial charge in [-0.3, -0.25) is 9.69 Å². The minimum absolute atomic E-state index is 0.0361. The largest absolute Gasteiger partial charge is 0.364 e. The molecule has 1 unspecified atom stereocenters. The fourth-order valence-electron chi connectivity index (χ4n) is 3.61. The lowest BCUT2D eigenvalue weighted by Crippen LogP contribution is -2.37. The molecular formula is C16H20N4O2. The van der Waals surface area contributed by atoms with E-state index in [1.165, 1.54) is 0 Å². The van der Waals surface area contributed by atoms with Gasteiger partial charge in [-0.1, -0.05) is 5.16 Å². The fourth-order valence-corrected chi connectivity index (χ4v) is 3.61. The third-order valence-electron chi connectivity index (χ3n) is 4.76. The average molecular weight is 300 g/mol. The summed E-state index contributed by atoms with van der Waals surface area (Å²) < 4.78 is 6.57. The standard InChI is InChI=1S/C16H20N4O2/c21-16-9-12-3-1-5-15(12)17-20(16)11-14-4-2-7-19(14)10-13-6-8-22-18-13/h6,8-9,14H,1-5,7,10-11H2. The van der Waals surface area contributed by atoms with Gasteiger partial charge in [0, 0.05) is 24.7 Å². The van der Waals surface area contributed by atoms with E-state index in [4.69, 9.17) is 4.52 Å². The molecule has 1 saturated heterocycles. The smallest absolute Gasteiger partial charge is 0.267 e. The summed E-state index contributed by atoms with van der Waals surface area (Å²) in [6.45, 7) is 2.49. The van der Waals surface area contributed by atoms with Crippen LogP contribution in [0.15, 0.2) is 27.7 Å². The van der Waals surface area contributed by atoms with E-state index < -0.39 is 0 Å². The first-order chi connectivity index (χ1) is 10.8. The number of rotatable bonds is 4. The summed E-state index contributed by atoms with van der Waals surface area (Å²) in [5.74, 6) is 0. The monoisotopic (exact) mass is 300 g/mol. The Bertz CT molecular complexity index is 707. The first kappa shape index (κ1) is 13.7. The Hall–Kier alpha value is -1.95. The molecule has 6 heteroatoms. The average Bonchev–Trinajstić information content (AvgIpc) is 3.23. The van der Waals surface area contributed by atoms with Crippen LogP contribution in [0.2, 0.25) is 0 Å². The fraction of sp³-hybridized carbons (Fsp3) is 0.562. The van der Waals surface area contributed by atoms with Gasteiger partial charge >= 0.3 is 0 Å². The van der Waals surface area contributed by atoms with E-state index in [0.29, 0.717) is 12.6 Å². The molecule has 2 aromatic rings. The molecule has 0 spiro atoms. The number of nitrogens with zero attached hydrogens (tertiary/aromatic N) is 4. The molecule has 0 N–H and O–H groups in total. The molecule has 0 saturated carbocycles. The van der Waals surface area contributed by atoms with E-state index in [2.05, 4.69) is 15.2 Å². The first-order valence-electron chi connectivity index (χ1n) is 8.03. The van der Waals surface area contributed by atoms with E-state index in [1.807, 2.05) is 6.07 Å². The number of fused-ring (bicyclic) bond motifs is 1. The number of aryl methyl sites for hydroxylation is 2. The SMILES string of the molecule is O=c1cc2c(nn1CC1CCCN1Cc1ccon1)CCC2. The lowest BCUT2D eigenvalue weighted by atomic mass is 10.2. The van der Waals surface area contributed by atoms with Crippen LogP contribution in [0.5, 0.6) is 0 Å². The minimum atomic E-state index is 0.0361. The topological polar surface area (TPSA) is 64.2 Å². The van der Waals surface area contributed by atoms with Crippen molar-refractivity contribution in [3.63, 3.8) is 0 Å². The Balaban J connectivity index is 1.51. The molecule has 4 rings (SSSR count). The van der Waals surface area contributed by atoms with E-state index in [-0.39, 0.29) is 5.56 Å². The second-order valence-electron chi connectivity index (χ2n) is 6.25. The molecule has 0 aromatic carbocycles. The second kappa shape index (κ2) is 5.68. The molecule has 0 bridgehead atoms. The van der Waals surface area contributed by atoms with Gasteiger partial charge in [0.2, 0.25) is 0 Å². The summed E-state index contributed by atoms with van der Waals surface area (Å²) in [5.41, 5.74) is 3.24. The molecule has 2 aromatic heterocycles. The highest BCUT2D eigenvalue weighted by Gasteiger charge is 2.26. The zero-order valence-corrected chi connectivity index (χ0v) is 12.6. The van der Waals surface area contributed by atoms with Crippen LogP contribution in [0.25, 0.3) is 0 Å². The number of hydrogen-bond donors (Lipinski definition) is 0. The highest BCUT2D eigenvalue weighted by Crippen LogP contribution is 2.21. The van der Waals surface area contributed by atoms with Crippen LogP contribution >= 0.6 is 0 Å². The third kappa shape index (κ3) is 2.59. The van der Waals surface area contributed by atoms with Crippen molar-refractivity contribution >= 4 is 0 Å². The van der Waals surface area contributed by atoms with Crippen molar-refractivity contribution in [2.75, 3.05) is 6.54 Å². The molecule has 1 aliphatic carbocycles. The van der Waals surface area contributed by atoms with Gasteiger partial charge in [-0.05, 0) is 44.2 Å². The van der Waals surface area contributed by atoms with Crippen molar-refractivity contribution in [3.8, 4) is 0 Å². The van der Waals surface area contributed by atoms with Crippen LogP contribution in [0, 0.1) is 0 Å². The summed E-state index contributed by atoms with van der Waals surface area (Å²) >= 11 is 0. The summed E-state index contributed by atoms with van der Waals surface area (Å²) in [7, 11) is 0. The Kier molecular flexibility index (Phi) is 3.54. The van der Waals surface area contributed by atoms with Gasteiger partial charge in [0.15, 0.2) is 0 Å². The third-order valence-corrected chi connectivity index (χ3v) is 4.76. The Labute approximate surface area is 128 Å². The maximum Gasteiger partial charge on any atom is 0.267 e. The van der Waals surface area contributed by atoms with Gasteiger partial charge in [-0.2, -0.15) is 5.10 Å². The Morgan fingerprint density at radius 1 is 1.32 bits per heavy atom. The highest BCUT2D eigenvalue weighted by molar-refractivity contribution is 5.22. The molecule has 0 radical (unpaired) electrons. The second-order valence-corrected chi connectivity index (χ2v) is 6.25. The van der Waals surface area contributed by atoms with Crippen molar-refractivity contribution in [2.45, 2.75) is 51.2 Å². The number of hydrogen-bond acceptors (Lipinski definition) is 5. The van der Waals surface area contributed by atoms with Crippen molar-refractivity contribution in [1.29, 1.82) is 0 Å². The molecule has 1 fully saturated rings. The number of aromatic nitrogens is 3. The molecule has 6 nitrogen and oxygen atoms in total. The van der Waals surface area contributed by atoms with Crippen molar-refractivity contribution in [1.82, 2.24) is 19.8 Å². The highest BCUT2D eigenvalue weighted by atomic mass is 16.5. The zero-order chi connectivity index (χ0) is 14.9. The summed E-state index contributed by atoms with van der Waals surface area (Å²) in [4.78, 5) is 14.6. The van der Waals surface area contributed by atoms with Gasteiger partial charge in [0.05, 0.1) is 17.9 Å². The maximum absolute atomic E-state index is 12.2. The van der Waals surface area contributed by atoms with Crippen LogP contribution in [0.3, 0.4) is 0 Å². The Morgan fingerprint density at radius 2 is 2.27 bits per heavy atom. The lowest BCUT2D eigenvalue weighted by molar-refractivity contribution is 0.210. The van der Waals surface area contributed by atoms with Crippen molar-refractivity contribution in [2.24, 2.45) is 0 Å². The van der Waals surface area contributed by atoms with E-state index in [9.17, 15) is 4.79 Å². The molecule has 22 heavy (non-hydrogen) atoms. The van der Waals surface area contributed by atoms with Crippen LogP contribution in [0.4, 0.5) is 0 Å². The minimum Gasteiger partial charge on any atom is -0.364 e. The van der Waals surface area contributed by atoms with Gasteiger partial charge in [0.25, 0.3) is 5.56 Å². The normalized spacial score (nSPS) is 21.4. The molecule has 3 heterocycles. The van der Waals surface area contributed by atoms with E-state index in [0.717, 1.165) is 62.1 Å². The predicted octanol–water partition coefficient (Wildman–Crippen LogP) is 1.38. The molecule has 116 valence electrons. The molecule has 2 aliphatic rings.